The van der Waals surface area contributed by atoms with Gasteiger partial charge in [0.2, 0.25) is 0 Å². The molecule has 3 N–H and O–H groups in total. The van der Waals surface area contributed by atoms with E-state index in [4.69, 9.17) is 16.3 Å². The number of halogens is 1. The molecule has 0 unspecified atom stereocenters. The van der Waals surface area contributed by atoms with Crippen LogP contribution < -0.4 is 0 Å². The van der Waals surface area contributed by atoms with E-state index in [-0.39, 0.29) is 30.0 Å². The molecule has 8 rings (SSSR count). The zero-order chi connectivity index (χ0) is 37.3. The lowest BCUT2D eigenvalue weighted by molar-refractivity contribution is -0.142. The maximum Gasteiger partial charge on any atom is 0.407 e. The molecular formula is C41H42ClN7O5. The zero-order valence-corrected chi connectivity index (χ0v) is 30.7. The maximum absolute atomic E-state index is 14.0. The molecule has 0 saturated carbocycles. The van der Waals surface area contributed by atoms with E-state index in [9.17, 15) is 19.5 Å². The molecule has 3 aliphatic heterocycles. The van der Waals surface area contributed by atoms with Crippen molar-refractivity contribution in [2.45, 2.75) is 62.8 Å². The number of nitrogens with one attached hydrogen (secondary N) is 2. The SMILES string of the molecule is CN(C(=O)O)[C@@H](C(=O)N1CCC[C@H]1c1ncc(-c2ccc(-c3ccc(-c4cnc([C@@H]5CCCN5C(=O)[C@H]5CCCO5)[nH]4)cc3)cc2)[nH]1)c1ccccc1Cl. The average Bonchev–Trinajstić information content (AvgIpc) is 4.05. The molecule has 54 heavy (non-hydrogen) atoms. The minimum Gasteiger partial charge on any atom is -0.465 e. The van der Waals surface area contributed by atoms with Gasteiger partial charge in [-0.15, -0.1) is 0 Å². The normalized spacial score (nSPS) is 20.4. The van der Waals surface area contributed by atoms with Gasteiger partial charge in [-0.3, -0.25) is 14.5 Å². The van der Waals surface area contributed by atoms with Crippen molar-refractivity contribution in [3.05, 3.63) is 107 Å². The summed E-state index contributed by atoms with van der Waals surface area (Å²) in [5.74, 6) is 1.21. The van der Waals surface area contributed by atoms with Crippen LogP contribution in [0.3, 0.4) is 0 Å². The fraction of sp³-hybridized carbons (Fsp3) is 0.341. The zero-order valence-electron chi connectivity index (χ0n) is 30.0. The van der Waals surface area contributed by atoms with Gasteiger partial charge in [-0.05, 0) is 66.8 Å². The summed E-state index contributed by atoms with van der Waals surface area (Å²) in [7, 11) is 1.39. The second-order valence-corrected chi connectivity index (χ2v) is 14.6. The number of imidazole rings is 2. The molecule has 5 aromatic rings. The molecule has 3 amide bonds. The number of rotatable bonds is 9. The number of carbonyl (C=O) groups excluding carboxylic acids is 2. The fourth-order valence-corrected chi connectivity index (χ4v) is 8.29. The number of H-pyrrole nitrogens is 2. The summed E-state index contributed by atoms with van der Waals surface area (Å²) in [6.45, 7) is 1.87. The van der Waals surface area contributed by atoms with Gasteiger partial charge in [0.15, 0.2) is 0 Å². The van der Waals surface area contributed by atoms with Crippen LogP contribution in [0.2, 0.25) is 5.02 Å². The monoisotopic (exact) mass is 747 g/mol. The van der Waals surface area contributed by atoms with Crippen molar-refractivity contribution in [3.63, 3.8) is 0 Å². The Kier molecular flexibility index (Phi) is 9.95. The van der Waals surface area contributed by atoms with E-state index in [0.29, 0.717) is 36.0 Å². The average molecular weight is 748 g/mol. The molecule has 5 heterocycles. The van der Waals surface area contributed by atoms with Gasteiger partial charge in [0, 0.05) is 37.3 Å². The standard InChI is InChI=1S/C41H42ClN7O5/c1-47(41(52)53)36(29-7-2-3-8-30(29)42)40(51)49-21-5-10-34(49)38-44-24-32(46-38)28-18-14-26(15-19-28)25-12-16-27(17-13-25)31-23-43-37(45-31)33-9-4-20-48(33)39(50)35-11-6-22-54-35/h2-3,7-8,12-19,23-24,33-36H,4-6,9-11,20-22H2,1H3,(H,43,45)(H,44,46)(H,52,53)/t33-,34-,35+,36+/m0/s1. The Balaban J connectivity index is 0.941. The number of amides is 3. The van der Waals surface area contributed by atoms with Gasteiger partial charge in [-0.2, -0.15) is 0 Å². The summed E-state index contributed by atoms with van der Waals surface area (Å²) in [5, 5.41) is 10.2. The number of benzene rings is 3. The third kappa shape index (κ3) is 6.87. The molecule has 13 heteroatoms. The minimum atomic E-state index is -1.22. The van der Waals surface area contributed by atoms with Crippen molar-refractivity contribution in [1.82, 2.24) is 34.6 Å². The van der Waals surface area contributed by atoms with Crippen LogP contribution in [0, 0.1) is 0 Å². The minimum absolute atomic E-state index is 0.0590. The molecule has 12 nitrogen and oxygen atoms in total. The number of hydrogen-bond donors (Lipinski definition) is 3. The fourth-order valence-electron chi connectivity index (χ4n) is 8.05. The van der Waals surface area contributed by atoms with Crippen molar-refractivity contribution < 1.29 is 24.2 Å². The van der Waals surface area contributed by atoms with Gasteiger partial charge < -0.3 is 29.6 Å². The van der Waals surface area contributed by atoms with E-state index >= 15 is 0 Å². The highest BCUT2D eigenvalue weighted by molar-refractivity contribution is 6.31. The van der Waals surface area contributed by atoms with Gasteiger partial charge in [0.05, 0.1) is 35.9 Å². The molecule has 0 spiro atoms. The highest BCUT2D eigenvalue weighted by atomic mass is 35.5. The largest absolute Gasteiger partial charge is 0.465 e. The molecule has 0 aliphatic carbocycles. The van der Waals surface area contributed by atoms with Crippen molar-refractivity contribution in [1.29, 1.82) is 0 Å². The number of aromatic nitrogens is 4. The lowest BCUT2D eigenvalue weighted by Crippen LogP contribution is -2.43. The van der Waals surface area contributed by atoms with Crippen LogP contribution in [0.5, 0.6) is 0 Å². The first kappa shape index (κ1) is 35.6. The topological polar surface area (TPSA) is 148 Å². The highest BCUT2D eigenvalue weighted by Crippen LogP contribution is 2.38. The van der Waals surface area contributed by atoms with E-state index in [2.05, 4.69) is 56.3 Å². The van der Waals surface area contributed by atoms with Crippen molar-refractivity contribution in [2.75, 3.05) is 26.7 Å². The van der Waals surface area contributed by atoms with Crippen LogP contribution in [0.4, 0.5) is 4.79 Å². The molecule has 3 aliphatic rings. The van der Waals surface area contributed by atoms with Crippen LogP contribution in [-0.2, 0) is 14.3 Å². The lowest BCUT2D eigenvalue weighted by atomic mass is 10.0. The van der Waals surface area contributed by atoms with Crippen LogP contribution >= 0.6 is 11.6 Å². The first-order chi connectivity index (χ1) is 26.3. The van der Waals surface area contributed by atoms with E-state index < -0.39 is 12.1 Å². The van der Waals surface area contributed by atoms with Gasteiger partial charge in [-0.25, -0.2) is 14.8 Å². The molecule has 278 valence electrons. The summed E-state index contributed by atoms with van der Waals surface area (Å²) in [6, 6.07) is 21.9. The first-order valence-electron chi connectivity index (χ1n) is 18.5. The first-order valence-corrected chi connectivity index (χ1v) is 18.9. The third-order valence-corrected chi connectivity index (χ3v) is 11.3. The molecule has 0 bridgehead atoms. The van der Waals surface area contributed by atoms with E-state index in [1.54, 1.807) is 35.4 Å². The molecule has 4 atom stereocenters. The molecule has 2 aromatic heterocycles. The van der Waals surface area contributed by atoms with Crippen LogP contribution in [0.25, 0.3) is 33.6 Å². The second-order valence-electron chi connectivity index (χ2n) is 14.2. The van der Waals surface area contributed by atoms with Crippen LogP contribution in [-0.4, -0.2) is 90.5 Å². The van der Waals surface area contributed by atoms with Crippen LogP contribution in [0.15, 0.2) is 85.2 Å². The Labute approximate surface area is 318 Å². The predicted octanol–water partition coefficient (Wildman–Crippen LogP) is 7.64. The summed E-state index contributed by atoms with van der Waals surface area (Å²) >= 11 is 6.45. The Morgan fingerprint density at radius 3 is 1.85 bits per heavy atom. The third-order valence-electron chi connectivity index (χ3n) is 10.9. The number of nitrogens with zero attached hydrogens (tertiary/aromatic N) is 5. The molecule has 0 radical (unpaired) electrons. The smallest absolute Gasteiger partial charge is 0.407 e. The molecule has 3 fully saturated rings. The van der Waals surface area contributed by atoms with Crippen molar-refractivity contribution in [2.24, 2.45) is 0 Å². The predicted molar refractivity (Wildman–Crippen MR) is 203 cm³/mol. The quantitative estimate of drug-likeness (QED) is 0.140. The number of hydrogen-bond acceptors (Lipinski definition) is 6. The maximum atomic E-state index is 14.0. The Bertz CT molecular complexity index is 2140. The molecular weight excluding hydrogens is 706 g/mol. The number of carbonyl (C=O) groups is 3. The van der Waals surface area contributed by atoms with E-state index in [1.165, 1.54) is 7.05 Å². The second kappa shape index (κ2) is 15.1. The summed E-state index contributed by atoms with van der Waals surface area (Å²) in [6.07, 6.45) is 7.11. The van der Waals surface area contributed by atoms with Gasteiger partial charge >= 0.3 is 6.09 Å². The number of ether oxygens (including phenoxy) is 1. The van der Waals surface area contributed by atoms with Crippen LogP contribution in [0.1, 0.15) is 73.9 Å². The van der Waals surface area contributed by atoms with Crippen molar-refractivity contribution in [3.8, 4) is 33.6 Å². The number of likely N-dealkylation sites (N-methyl/N-ethyl adjacent to an activating group) is 1. The van der Waals surface area contributed by atoms with Gasteiger partial charge in [-0.1, -0.05) is 78.3 Å². The molecule has 3 aromatic carbocycles. The van der Waals surface area contributed by atoms with Gasteiger partial charge in [0.1, 0.15) is 23.8 Å². The summed E-state index contributed by atoms with van der Waals surface area (Å²) < 4.78 is 5.67. The summed E-state index contributed by atoms with van der Waals surface area (Å²) in [5.41, 5.74) is 6.28. The Hall–Kier alpha value is -5.46. The Morgan fingerprint density at radius 1 is 0.778 bits per heavy atom. The molecule has 3 saturated heterocycles. The lowest BCUT2D eigenvalue weighted by Gasteiger charge is -2.32. The van der Waals surface area contributed by atoms with Gasteiger partial charge in [0.25, 0.3) is 11.8 Å². The summed E-state index contributed by atoms with van der Waals surface area (Å²) in [4.78, 5) is 60.1. The van der Waals surface area contributed by atoms with E-state index in [0.717, 1.165) is 83.0 Å². The highest BCUT2D eigenvalue weighted by Gasteiger charge is 2.40. The number of aromatic amines is 2. The number of likely N-dealkylation sites (tertiary alicyclic amines) is 2. The van der Waals surface area contributed by atoms with E-state index in [1.807, 2.05) is 23.2 Å². The Morgan fingerprint density at radius 2 is 1.31 bits per heavy atom. The number of carboxylic acid groups (broad SMARTS) is 1. The van der Waals surface area contributed by atoms with Crippen molar-refractivity contribution >= 4 is 29.5 Å².